The molecular formula is C16H20N2O2S. The van der Waals surface area contributed by atoms with E-state index in [0.29, 0.717) is 16.4 Å². The third-order valence-corrected chi connectivity index (χ3v) is 5.93. The highest BCUT2D eigenvalue weighted by atomic mass is 32.2. The molecule has 0 aliphatic heterocycles. The number of benzene rings is 1. The van der Waals surface area contributed by atoms with Gasteiger partial charge in [-0.25, -0.2) is 8.42 Å². The molecule has 4 nitrogen and oxygen atoms in total. The van der Waals surface area contributed by atoms with Crippen LogP contribution >= 0.6 is 0 Å². The van der Waals surface area contributed by atoms with Crippen molar-refractivity contribution in [3.05, 3.63) is 47.8 Å². The zero-order valence-electron chi connectivity index (χ0n) is 12.0. The fraction of sp³-hybridized carbons (Fsp3) is 0.438. The molecule has 0 saturated heterocycles. The largest absolute Gasteiger partial charge is 0.285 e. The molecule has 0 bridgehead atoms. The van der Waals surface area contributed by atoms with Crippen molar-refractivity contribution in [2.75, 3.05) is 0 Å². The van der Waals surface area contributed by atoms with E-state index in [4.69, 9.17) is 0 Å². The minimum Gasteiger partial charge on any atom is -0.285 e. The zero-order valence-corrected chi connectivity index (χ0v) is 12.8. The van der Waals surface area contributed by atoms with Gasteiger partial charge in [0.1, 0.15) is 0 Å². The van der Waals surface area contributed by atoms with E-state index in [1.54, 1.807) is 24.5 Å². The minimum absolute atomic E-state index is 0.00766. The van der Waals surface area contributed by atoms with Crippen molar-refractivity contribution in [1.82, 2.24) is 10.2 Å². The van der Waals surface area contributed by atoms with Crippen molar-refractivity contribution in [2.45, 2.75) is 48.7 Å². The van der Waals surface area contributed by atoms with Crippen molar-refractivity contribution in [3.8, 4) is 0 Å². The van der Waals surface area contributed by atoms with Gasteiger partial charge in [0.2, 0.25) is 0 Å². The van der Waals surface area contributed by atoms with Crippen LogP contribution in [0.15, 0.2) is 41.6 Å². The topological polar surface area (TPSA) is 62.8 Å². The van der Waals surface area contributed by atoms with Crippen LogP contribution in [0, 0.1) is 0 Å². The first kappa shape index (κ1) is 14.3. The maximum atomic E-state index is 12.3. The molecule has 1 fully saturated rings. The van der Waals surface area contributed by atoms with Crippen LogP contribution in [0.4, 0.5) is 0 Å². The summed E-state index contributed by atoms with van der Waals surface area (Å²) in [5.74, 6) is 0.594. The van der Waals surface area contributed by atoms with E-state index in [1.165, 1.54) is 37.7 Å². The third kappa shape index (κ3) is 3.35. The van der Waals surface area contributed by atoms with Crippen LogP contribution in [0.1, 0.15) is 49.1 Å². The number of nitrogens with zero attached hydrogens (tertiary/aromatic N) is 1. The van der Waals surface area contributed by atoms with Crippen LogP contribution < -0.4 is 0 Å². The molecule has 1 heterocycles. The van der Waals surface area contributed by atoms with Crippen LogP contribution in [0.5, 0.6) is 0 Å². The first-order valence-electron chi connectivity index (χ1n) is 7.45. The molecule has 1 aliphatic carbocycles. The van der Waals surface area contributed by atoms with Crippen molar-refractivity contribution in [3.63, 3.8) is 0 Å². The van der Waals surface area contributed by atoms with E-state index in [-0.39, 0.29) is 5.75 Å². The first-order valence-corrected chi connectivity index (χ1v) is 9.11. The summed E-state index contributed by atoms with van der Waals surface area (Å²) in [4.78, 5) is 0.392. The minimum atomic E-state index is -3.29. The average Bonchev–Trinajstić information content (AvgIpc) is 3.00. The highest BCUT2D eigenvalue weighted by Crippen LogP contribution is 2.33. The molecule has 0 unspecified atom stereocenters. The van der Waals surface area contributed by atoms with Crippen LogP contribution in [0.3, 0.4) is 0 Å². The van der Waals surface area contributed by atoms with Gasteiger partial charge in [-0.3, -0.25) is 5.10 Å². The van der Waals surface area contributed by atoms with E-state index in [2.05, 4.69) is 10.2 Å². The van der Waals surface area contributed by atoms with Gasteiger partial charge < -0.3 is 0 Å². The fourth-order valence-corrected chi connectivity index (χ4v) is 4.36. The maximum absolute atomic E-state index is 12.3. The van der Waals surface area contributed by atoms with Crippen LogP contribution in [-0.4, -0.2) is 18.6 Å². The third-order valence-electron chi connectivity index (χ3n) is 4.23. The van der Waals surface area contributed by atoms with Gasteiger partial charge in [-0.15, -0.1) is 0 Å². The summed E-state index contributed by atoms with van der Waals surface area (Å²) >= 11 is 0. The summed E-state index contributed by atoms with van der Waals surface area (Å²) in [7, 11) is -3.29. The van der Waals surface area contributed by atoms with E-state index in [1.807, 2.05) is 12.1 Å². The van der Waals surface area contributed by atoms with Gasteiger partial charge in [-0.2, -0.15) is 5.10 Å². The smallest absolute Gasteiger partial charge is 0.182 e. The van der Waals surface area contributed by atoms with Crippen molar-refractivity contribution < 1.29 is 8.42 Å². The number of hydrogen-bond acceptors (Lipinski definition) is 3. The normalized spacial score (nSPS) is 17.0. The van der Waals surface area contributed by atoms with Crippen molar-refractivity contribution in [2.24, 2.45) is 0 Å². The summed E-state index contributed by atoms with van der Waals surface area (Å²) in [6, 6.07) is 7.47. The Balaban J connectivity index is 1.76. The summed E-state index contributed by atoms with van der Waals surface area (Å²) in [5.41, 5.74) is 1.96. The standard InChI is InChI=1S/C16H20N2O2S/c19-21(20,12-13-10-17-18-11-13)16-8-6-15(7-9-16)14-4-2-1-3-5-14/h6-11,14H,1-5,12H2,(H,17,18). The number of aromatic amines is 1. The molecule has 0 radical (unpaired) electrons. The van der Waals surface area contributed by atoms with Crippen molar-refractivity contribution >= 4 is 9.84 Å². The maximum Gasteiger partial charge on any atom is 0.182 e. The molecule has 0 spiro atoms. The van der Waals surface area contributed by atoms with Crippen LogP contribution in [0.2, 0.25) is 0 Å². The van der Waals surface area contributed by atoms with Gasteiger partial charge in [-0.1, -0.05) is 31.4 Å². The predicted octanol–water partition coefficient (Wildman–Crippen LogP) is 3.43. The molecular weight excluding hydrogens is 284 g/mol. The molecule has 0 amide bonds. The summed E-state index contributed by atoms with van der Waals surface area (Å²) < 4.78 is 24.7. The van der Waals surface area contributed by atoms with Crippen LogP contribution in [-0.2, 0) is 15.6 Å². The summed E-state index contributed by atoms with van der Waals surface area (Å²) in [6.07, 6.45) is 9.51. The molecule has 1 aliphatic rings. The lowest BCUT2D eigenvalue weighted by Gasteiger charge is -2.22. The lowest BCUT2D eigenvalue weighted by molar-refractivity contribution is 0.443. The second-order valence-corrected chi connectivity index (χ2v) is 7.76. The zero-order chi connectivity index (χ0) is 14.7. The lowest BCUT2D eigenvalue weighted by atomic mass is 9.84. The molecule has 21 heavy (non-hydrogen) atoms. The van der Waals surface area contributed by atoms with Gasteiger partial charge in [0.15, 0.2) is 9.84 Å². The van der Waals surface area contributed by atoms with E-state index >= 15 is 0 Å². The molecule has 0 atom stereocenters. The molecule has 1 N–H and O–H groups in total. The van der Waals surface area contributed by atoms with Crippen molar-refractivity contribution in [1.29, 1.82) is 0 Å². The first-order chi connectivity index (χ1) is 10.1. The number of sulfone groups is 1. The lowest BCUT2D eigenvalue weighted by Crippen LogP contribution is -2.07. The van der Waals surface area contributed by atoms with E-state index < -0.39 is 9.84 Å². The number of aromatic nitrogens is 2. The Kier molecular flexibility index (Phi) is 4.10. The quantitative estimate of drug-likeness (QED) is 0.941. The molecule has 1 aromatic carbocycles. The Bertz CT molecular complexity index is 670. The molecule has 3 rings (SSSR count). The molecule has 2 aromatic rings. The van der Waals surface area contributed by atoms with Gasteiger partial charge in [0, 0.05) is 11.8 Å². The second kappa shape index (κ2) is 6.02. The Morgan fingerprint density at radius 2 is 1.81 bits per heavy atom. The van der Waals surface area contributed by atoms with Gasteiger partial charge >= 0.3 is 0 Å². The number of nitrogens with one attached hydrogen (secondary N) is 1. The van der Waals surface area contributed by atoms with Crippen LogP contribution in [0.25, 0.3) is 0 Å². The number of hydrogen-bond donors (Lipinski definition) is 1. The Morgan fingerprint density at radius 3 is 2.43 bits per heavy atom. The van der Waals surface area contributed by atoms with E-state index in [0.717, 1.165) is 0 Å². The van der Waals surface area contributed by atoms with Gasteiger partial charge in [0.05, 0.1) is 16.8 Å². The Labute approximate surface area is 125 Å². The predicted molar refractivity (Wildman–Crippen MR) is 81.7 cm³/mol. The number of H-pyrrole nitrogens is 1. The Morgan fingerprint density at radius 1 is 1.10 bits per heavy atom. The molecule has 112 valence electrons. The molecule has 1 aromatic heterocycles. The van der Waals surface area contributed by atoms with Gasteiger partial charge in [-0.05, 0) is 36.5 Å². The summed E-state index contributed by atoms with van der Waals surface area (Å²) in [5, 5.41) is 6.43. The van der Waals surface area contributed by atoms with Gasteiger partial charge in [0.25, 0.3) is 0 Å². The highest BCUT2D eigenvalue weighted by Gasteiger charge is 2.18. The average molecular weight is 304 g/mol. The Hall–Kier alpha value is -1.62. The number of rotatable bonds is 4. The second-order valence-electron chi connectivity index (χ2n) is 5.77. The molecule has 1 saturated carbocycles. The SMILES string of the molecule is O=S(=O)(Cc1cn[nH]c1)c1ccc(C2CCCCC2)cc1. The molecule has 5 heteroatoms. The highest BCUT2D eigenvalue weighted by molar-refractivity contribution is 7.90. The monoisotopic (exact) mass is 304 g/mol. The van der Waals surface area contributed by atoms with E-state index in [9.17, 15) is 8.42 Å². The summed E-state index contributed by atoms with van der Waals surface area (Å²) in [6.45, 7) is 0. The fourth-order valence-electron chi connectivity index (χ4n) is 3.04.